The summed E-state index contributed by atoms with van der Waals surface area (Å²) in [6, 6.07) is 7.81. The van der Waals surface area contributed by atoms with Crippen LogP contribution < -0.4 is 11.1 Å². The molecule has 1 unspecified atom stereocenters. The van der Waals surface area contributed by atoms with Crippen LogP contribution in [0.15, 0.2) is 24.3 Å². The first kappa shape index (κ1) is 15.0. The monoisotopic (exact) mass is 268 g/mol. The van der Waals surface area contributed by atoms with Crippen molar-refractivity contribution in [3.63, 3.8) is 0 Å². The van der Waals surface area contributed by atoms with Crippen LogP contribution in [0.1, 0.15) is 31.7 Å². The lowest BCUT2D eigenvalue weighted by Crippen LogP contribution is -2.34. The molecule has 4 heteroatoms. The maximum atomic E-state index is 11.6. The molecule has 0 aliphatic carbocycles. The summed E-state index contributed by atoms with van der Waals surface area (Å²) in [5.41, 5.74) is 6.45. The normalized spacial score (nSPS) is 12.2. The molecule has 1 aromatic rings. The number of hydrogen-bond donors (Lipinski definition) is 2. The fourth-order valence-corrected chi connectivity index (χ4v) is 2.03. The summed E-state index contributed by atoms with van der Waals surface area (Å²) < 4.78 is 0. The van der Waals surface area contributed by atoms with Crippen LogP contribution in [0.5, 0.6) is 0 Å². The third kappa shape index (κ3) is 5.52. The van der Waals surface area contributed by atoms with Gasteiger partial charge in [0.05, 0.1) is 0 Å². The van der Waals surface area contributed by atoms with Crippen LogP contribution in [0.2, 0.25) is 5.02 Å². The van der Waals surface area contributed by atoms with Crippen molar-refractivity contribution in [3.8, 4) is 0 Å². The van der Waals surface area contributed by atoms with Crippen molar-refractivity contribution in [2.45, 2.75) is 38.6 Å². The molecule has 0 saturated heterocycles. The van der Waals surface area contributed by atoms with E-state index in [1.165, 1.54) is 0 Å². The average molecular weight is 269 g/mol. The second-order valence-electron chi connectivity index (χ2n) is 4.51. The van der Waals surface area contributed by atoms with Gasteiger partial charge in [0.2, 0.25) is 5.91 Å². The second kappa shape index (κ2) is 8.11. The predicted molar refractivity (Wildman–Crippen MR) is 75.7 cm³/mol. The van der Waals surface area contributed by atoms with Gasteiger partial charge in [0.15, 0.2) is 0 Å². The van der Waals surface area contributed by atoms with E-state index in [4.69, 9.17) is 17.3 Å². The topological polar surface area (TPSA) is 55.1 Å². The molecule has 0 fully saturated rings. The summed E-state index contributed by atoms with van der Waals surface area (Å²) in [7, 11) is 0. The molecule has 0 radical (unpaired) electrons. The van der Waals surface area contributed by atoms with E-state index in [-0.39, 0.29) is 11.9 Å². The smallest absolute Gasteiger partial charge is 0.220 e. The Morgan fingerprint density at radius 1 is 1.39 bits per heavy atom. The SMILES string of the molecule is CC(Cc1ccccc1Cl)NC(=O)CCCCN. The van der Waals surface area contributed by atoms with E-state index in [0.29, 0.717) is 13.0 Å². The van der Waals surface area contributed by atoms with Gasteiger partial charge in [-0.05, 0) is 44.4 Å². The van der Waals surface area contributed by atoms with Gasteiger partial charge in [0, 0.05) is 17.5 Å². The van der Waals surface area contributed by atoms with E-state index in [1.807, 2.05) is 31.2 Å². The van der Waals surface area contributed by atoms with Crippen LogP contribution in [0.3, 0.4) is 0 Å². The number of unbranched alkanes of at least 4 members (excludes halogenated alkanes) is 1. The molecule has 0 aliphatic rings. The number of nitrogens with two attached hydrogens (primary N) is 1. The van der Waals surface area contributed by atoms with Crippen molar-refractivity contribution in [2.24, 2.45) is 5.73 Å². The van der Waals surface area contributed by atoms with Crippen molar-refractivity contribution in [1.82, 2.24) is 5.32 Å². The van der Waals surface area contributed by atoms with E-state index in [2.05, 4.69) is 5.32 Å². The molecule has 100 valence electrons. The van der Waals surface area contributed by atoms with Crippen molar-refractivity contribution >= 4 is 17.5 Å². The molecule has 1 amide bonds. The van der Waals surface area contributed by atoms with Gasteiger partial charge in [-0.3, -0.25) is 4.79 Å². The Bertz CT molecular complexity index is 382. The molecular weight excluding hydrogens is 248 g/mol. The van der Waals surface area contributed by atoms with E-state index >= 15 is 0 Å². The van der Waals surface area contributed by atoms with E-state index < -0.39 is 0 Å². The lowest BCUT2D eigenvalue weighted by atomic mass is 10.1. The zero-order chi connectivity index (χ0) is 13.4. The molecule has 3 nitrogen and oxygen atoms in total. The number of hydrogen-bond acceptors (Lipinski definition) is 2. The highest BCUT2D eigenvalue weighted by molar-refractivity contribution is 6.31. The third-order valence-electron chi connectivity index (χ3n) is 2.75. The maximum absolute atomic E-state index is 11.6. The zero-order valence-electron chi connectivity index (χ0n) is 10.8. The number of benzene rings is 1. The molecule has 1 atom stereocenters. The minimum Gasteiger partial charge on any atom is -0.353 e. The second-order valence-corrected chi connectivity index (χ2v) is 4.92. The summed E-state index contributed by atoms with van der Waals surface area (Å²) in [5, 5.41) is 3.73. The highest BCUT2D eigenvalue weighted by Crippen LogP contribution is 2.16. The minimum atomic E-state index is 0.0861. The van der Waals surface area contributed by atoms with Gasteiger partial charge >= 0.3 is 0 Å². The van der Waals surface area contributed by atoms with Crippen molar-refractivity contribution in [1.29, 1.82) is 0 Å². The molecular formula is C14H21ClN2O. The van der Waals surface area contributed by atoms with Crippen LogP contribution in [0.25, 0.3) is 0 Å². The molecule has 0 heterocycles. The number of nitrogens with one attached hydrogen (secondary N) is 1. The van der Waals surface area contributed by atoms with Gasteiger partial charge in [-0.25, -0.2) is 0 Å². The number of amides is 1. The Kier molecular flexibility index (Phi) is 6.76. The lowest BCUT2D eigenvalue weighted by Gasteiger charge is -2.14. The number of carbonyl (C=O) groups excluding carboxylic acids is 1. The fraction of sp³-hybridized carbons (Fsp3) is 0.500. The Labute approximate surface area is 114 Å². The number of halogens is 1. The third-order valence-corrected chi connectivity index (χ3v) is 3.12. The largest absolute Gasteiger partial charge is 0.353 e. The zero-order valence-corrected chi connectivity index (χ0v) is 11.5. The summed E-state index contributed by atoms with van der Waals surface area (Å²) in [5.74, 6) is 0.0861. The molecule has 18 heavy (non-hydrogen) atoms. The molecule has 0 aliphatic heterocycles. The van der Waals surface area contributed by atoms with Gasteiger partial charge in [-0.2, -0.15) is 0 Å². The predicted octanol–water partition coefficient (Wildman–Crippen LogP) is 2.52. The van der Waals surface area contributed by atoms with Crippen LogP contribution in [0.4, 0.5) is 0 Å². The van der Waals surface area contributed by atoms with Gasteiger partial charge in [0.1, 0.15) is 0 Å². The van der Waals surface area contributed by atoms with Crippen LogP contribution in [-0.2, 0) is 11.2 Å². The van der Waals surface area contributed by atoms with Crippen LogP contribution in [-0.4, -0.2) is 18.5 Å². The summed E-state index contributed by atoms with van der Waals surface area (Å²) >= 11 is 6.08. The van der Waals surface area contributed by atoms with Gasteiger partial charge in [-0.15, -0.1) is 0 Å². The maximum Gasteiger partial charge on any atom is 0.220 e. The molecule has 1 aromatic carbocycles. The quantitative estimate of drug-likeness (QED) is 0.747. The van der Waals surface area contributed by atoms with Crippen molar-refractivity contribution in [3.05, 3.63) is 34.9 Å². The fourth-order valence-electron chi connectivity index (χ4n) is 1.82. The minimum absolute atomic E-state index is 0.0861. The highest BCUT2D eigenvalue weighted by Gasteiger charge is 2.09. The van der Waals surface area contributed by atoms with E-state index in [1.54, 1.807) is 0 Å². The first-order valence-electron chi connectivity index (χ1n) is 6.36. The van der Waals surface area contributed by atoms with Crippen LogP contribution in [0, 0.1) is 0 Å². The van der Waals surface area contributed by atoms with Gasteiger partial charge < -0.3 is 11.1 Å². The van der Waals surface area contributed by atoms with E-state index in [0.717, 1.165) is 29.8 Å². The molecule has 0 bridgehead atoms. The molecule has 0 spiro atoms. The Hall–Kier alpha value is -1.06. The highest BCUT2D eigenvalue weighted by atomic mass is 35.5. The van der Waals surface area contributed by atoms with E-state index in [9.17, 15) is 4.79 Å². The van der Waals surface area contributed by atoms with Crippen LogP contribution >= 0.6 is 11.6 Å². The van der Waals surface area contributed by atoms with Gasteiger partial charge in [-0.1, -0.05) is 29.8 Å². The molecule has 3 N–H and O–H groups in total. The Morgan fingerprint density at radius 2 is 2.11 bits per heavy atom. The lowest BCUT2D eigenvalue weighted by molar-refractivity contribution is -0.121. The summed E-state index contributed by atoms with van der Waals surface area (Å²) in [4.78, 5) is 11.6. The van der Waals surface area contributed by atoms with Crippen molar-refractivity contribution in [2.75, 3.05) is 6.54 Å². The summed E-state index contributed by atoms with van der Waals surface area (Å²) in [6.45, 7) is 2.63. The first-order valence-corrected chi connectivity index (χ1v) is 6.74. The Balaban J connectivity index is 2.35. The standard InChI is InChI=1S/C14H21ClN2O/c1-11(17-14(18)8-4-5-9-16)10-12-6-2-3-7-13(12)15/h2-3,6-7,11H,4-5,8-10,16H2,1H3,(H,17,18). The number of carbonyl (C=O) groups is 1. The Morgan fingerprint density at radius 3 is 2.78 bits per heavy atom. The number of rotatable bonds is 7. The average Bonchev–Trinajstić information content (AvgIpc) is 2.32. The van der Waals surface area contributed by atoms with Crippen molar-refractivity contribution < 1.29 is 4.79 Å². The molecule has 1 rings (SSSR count). The molecule has 0 saturated carbocycles. The molecule has 0 aromatic heterocycles. The van der Waals surface area contributed by atoms with Gasteiger partial charge in [0.25, 0.3) is 0 Å². The first-order chi connectivity index (χ1) is 8.63. The summed E-state index contributed by atoms with van der Waals surface area (Å²) in [6.07, 6.45) is 3.04.